The minimum absolute atomic E-state index is 0.0155. The fraction of sp³-hybridized carbons (Fsp3) is 0.438. The van der Waals surface area contributed by atoms with E-state index in [0.29, 0.717) is 10.0 Å². The Hall–Kier alpha value is -1.03. The van der Waals surface area contributed by atoms with Gasteiger partial charge in [-0.25, -0.2) is 0 Å². The minimum atomic E-state index is 0.0155. The van der Waals surface area contributed by atoms with E-state index in [2.05, 4.69) is 30.5 Å². The van der Waals surface area contributed by atoms with Crippen molar-refractivity contribution in [2.24, 2.45) is 0 Å². The van der Waals surface area contributed by atoms with Crippen molar-refractivity contribution in [3.05, 3.63) is 51.8 Å². The molecule has 0 saturated heterocycles. The molecule has 0 spiro atoms. The Morgan fingerprint density at radius 2 is 2.05 bits per heavy atom. The lowest BCUT2D eigenvalue weighted by Gasteiger charge is -2.19. The van der Waals surface area contributed by atoms with E-state index in [1.807, 2.05) is 29.1 Å². The van der Waals surface area contributed by atoms with Crippen LogP contribution in [0.3, 0.4) is 0 Å². The Bertz CT molecular complexity index is 581. The van der Waals surface area contributed by atoms with Crippen LogP contribution in [0.25, 0.3) is 0 Å². The van der Waals surface area contributed by atoms with E-state index in [4.69, 9.17) is 23.2 Å². The molecule has 1 atom stereocenters. The molecule has 5 heteroatoms. The standard InChI is InChI=1S/C16H21Cl2N3/c1-3-8-19-16(12-10-20-21(11-12)9-4-2)13-6-5-7-14(17)15(13)18/h5-7,10-11,16,19H,3-4,8-9H2,1-2H3. The summed E-state index contributed by atoms with van der Waals surface area (Å²) in [6.07, 6.45) is 6.10. The fourth-order valence-electron chi connectivity index (χ4n) is 2.32. The summed E-state index contributed by atoms with van der Waals surface area (Å²) in [5, 5.41) is 9.13. The molecule has 1 unspecified atom stereocenters. The molecule has 0 bridgehead atoms. The summed E-state index contributed by atoms with van der Waals surface area (Å²) in [6, 6.07) is 5.77. The van der Waals surface area contributed by atoms with Crippen molar-refractivity contribution >= 4 is 23.2 Å². The molecule has 1 aromatic carbocycles. The maximum Gasteiger partial charge on any atom is 0.0643 e. The van der Waals surface area contributed by atoms with Crippen LogP contribution in [0.1, 0.15) is 43.9 Å². The quantitative estimate of drug-likeness (QED) is 0.800. The number of benzene rings is 1. The molecule has 0 aliphatic rings. The number of aryl methyl sites for hydroxylation is 1. The van der Waals surface area contributed by atoms with Gasteiger partial charge in [0.1, 0.15) is 0 Å². The van der Waals surface area contributed by atoms with Gasteiger partial charge in [-0.2, -0.15) is 5.10 Å². The lowest BCUT2D eigenvalue weighted by atomic mass is 10.0. The predicted molar refractivity (Wildman–Crippen MR) is 89.1 cm³/mol. The van der Waals surface area contributed by atoms with Gasteiger partial charge >= 0.3 is 0 Å². The first-order valence-electron chi connectivity index (χ1n) is 7.37. The number of nitrogens with zero attached hydrogens (tertiary/aromatic N) is 2. The molecule has 0 aliphatic carbocycles. The Morgan fingerprint density at radius 3 is 2.76 bits per heavy atom. The van der Waals surface area contributed by atoms with Crippen molar-refractivity contribution < 1.29 is 0 Å². The number of hydrogen-bond donors (Lipinski definition) is 1. The van der Waals surface area contributed by atoms with Gasteiger partial charge in [-0.15, -0.1) is 0 Å². The molecule has 3 nitrogen and oxygen atoms in total. The van der Waals surface area contributed by atoms with Crippen LogP contribution >= 0.6 is 23.2 Å². The first kappa shape index (κ1) is 16.3. The zero-order valence-corrected chi connectivity index (χ0v) is 14.0. The SMILES string of the molecule is CCCNC(c1cnn(CCC)c1)c1cccc(Cl)c1Cl. The van der Waals surface area contributed by atoms with Crippen molar-refractivity contribution in [1.29, 1.82) is 0 Å². The summed E-state index contributed by atoms with van der Waals surface area (Å²) in [5.74, 6) is 0. The van der Waals surface area contributed by atoms with E-state index in [-0.39, 0.29) is 6.04 Å². The molecule has 1 aromatic heterocycles. The van der Waals surface area contributed by atoms with Crippen LogP contribution in [0.4, 0.5) is 0 Å². The number of rotatable bonds is 7. The maximum absolute atomic E-state index is 6.39. The van der Waals surface area contributed by atoms with Gasteiger partial charge < -0.3 is 5.32 Å². The van der Waals surface area contributed by atoms with Crippen LogP contribution in [0.2, 0.25) is 10.0 Å². The minimum Gasteiger partial charge on any atom is -0.306 e. The summed E-state index contributed by atoms with van der Waals surface area (Å²) in [5.41, 5.74) is 2.11. The van der Waals surface area contributed by atoms with E-state index in [9.17, 15) is 0 Å². The normalized spacial score (nSPS) is 12.6. The Morgan fingerprint density at radius 1 is 1.24 bits per heavy atom. The molecule has 21 heavy (non-hydrogen) atoms. The zero-order valence-electron chi connectivity index (χ0n) is 12.4. The van der Waals surface area contributed by atoms with Crippen molar-refractivity contribution in [2.75, 3.05) is 6.54 Å². The van der Waals surface area contributed by atoms with Gasteiger partial charge in [0.2, 0.25) is 0 Å². The molecule has 1 N–H and O–H groups in total. The van der Waals surface area contributed by atoms with E-state index in [0.717, 1.165) is 37.1 Å². The number of hydrogen-bond acceptors (Lipinski definition) is 2. The van der Waals surface area contributed by atoms with E-state index in [1.165, 1.54) is 0 Å². The average Bonchev–Trinajstić information content (AvgIpc) is 2.92. The van der Waals surface area contributed by atoms with Gasteiger partial charge in [-0.1, -0.05) is 49.2 Å². The van der Waals surface area contributed by atoms with E-state index < -0.39 is 0 Å². The van der Waals surface area contributed by atoms with Gasteiger partial charge in [-0.05, 0) is 31.0 Å². The Kier molecular flexibility index (Phi) is 6.09. The van der Waals surface area contributed by atoms with Crippen molar-refractivity contribution in [3.8, 4) is 0 Å². The molecule has 0 aliphatic heterocycles. The summed E-state index contributed by atoms with van der Waals surface area (Å²) in [6.45, 7) is 6.11. The van der Waals surface area contributed by atoms with Crippen molar-refractivity contribution in [2.45, 2.75) is 39.3 Å². The highest BCUT2D eigenvalue weighted by Crippen LogP contribution is 2.33. The van der Waals surface area contributed by atoms with Crippen LogP contribution < -0.4 is 5.32 Å². The van der Waals surface area contributed by atoms with Crippen molar-refractivity contribution in [3.63, 3.8) is 0 Å². The summed E-state index contributed by atoms with van der Waals surface area (Å²) in [4.78, 5) is 0. The first-order chi connectivity index (χ1) is 10.2. The molecular formula is C16H21Cl2N3. The van der Waals surface area contributed by atoms with Gasteiger partial charge in [0.15, 0.2) is 0 Å². The molecular weight excluding hydrogens is 305 g/mol. The van der Waals surface area contributed by atoms with Crippen molar-refractivity contribution in [1.82, 2.24) is 15.1 Å². The van der Waals surface area contributed by atoms with Crippen LogP contribution in [0, 0.1) is 0 Å². The maximum atomic E-state index is 6.39. The van der Waals surface area contributed by atoms with Crippen LogP contribution in [0.5, 0.6) is 0 Å². The molecule has 0 radical (unpaired) electrons. The first-order valence-corrected chi connectivity index (χ1v) is 8.12. The molecule has 1 heterocycles. The van der Waals surface area contributed by atoms with Gasteiger partial charge in [0.05, 0.1) is 22.3 Å². The summed E-state index contributed by atoms with van der Waals surface area (Å²) < 4.78 is 1.97. The highest BCUT2D eigenvalue weighted by Gasteiger charge is 2.19. The van der Waals surface area contributed by atoms with Gasteiger partial charge in [0.25, 0.3) is 0 Å². The van der Waals surface area contributed by atoms with Crippen LogP contribution in [-0.4, -0.2) is 16.3 Å². The third-order valence-electron chi connectivity index (χ3n) is 3.33. The smallest absolute Gasteiger partial charge is 0.0643 e. The van der Waals surface area contributed by atoms with E-state index >= 15 is 0 Å². The average molecular weight is 326 g/mol. The lowest BCUT2D eigenvalue weighted by molar-refractivity contribution is 0.588. The molecule has 2 rings (SSSR count). The molecule has 0 saturated carbocycles. The fourth-order valence-corrected chi connectivity index (χ4v) is 2.74. The Labute approximate surface area is 136 Å². The largest absolute Gasteiger partial charge is 0.306 e. The van der Waals surface area contributed by atoms with Gasteiger partial charge in [0, 0.05) is 18.3 Å². The second-order valence-electron chi connectivity index (χ2n) is 5.07. The van der Waals surface area contributed by atoms with Gasteiger partial charge in [-0.3, -0.25) is 4.68 Å². The van der Waals surface area contributed by atoms with Crippen LogP contribution in [-0.2, 0) is 6.54 Å². The molecule has 114 valence electrons. The summed E-state index contributed by atoms with van der Waals surface area (Å²) in [7, 11) is 0. The second kappa shape index (κ2) is 7.83. The Balaban J connectivity index is 2.34. The predicted octanol–water partition coefficient (Wildman–Crippen LogP) is 4.69. The third kappa shape index (κ3) is 4.00. The molecule has 2 aromatic rings. The number of halogens is 2. The number of aromatic nitrogens is 2. The summed E-state index contributed by atoms with van der Waals surface area (Å²) >= 11 is 12.5. The topological polar surface area (TPSA) is 29.9 Å². The number of nitrogens with one attached hydrogen (secondary N) is 1. The van der Waals surface area contributed by atoms with Crippen LogP contribution in [0.15, 0.2) is 30.6 Å². The lowest BCUT2D eigenvalue weighted by Crippen LogP contribution is -2.23. The third-order valence-corrected chi connectivity index (χ3v) is 4.16. The monoisotopic (exact) mass is 325 g/mol. The molecule has 0 amide bonds. The zero-order chi connectivity index (χ0) is 15.2. The second-order valence-corrected chi connectivity index (χ2v) is 5.85. The van der Waals surface area contributed by atoms with E-state index in [1.54, 1.807) is 0 Å². The highest BCUT2D eigenvalue weighted by molar-refractivity contribution is 6.42. The molecule has 0 fully saturated rings. The highest BCUT2D eigenvalue weighted by atomic mass is 35.5.